The third-order valence-electron chi connectivity index (χ3n) is 4.16. The van der Waals surface area contributed by atoms with Gasteiger partial charge in [0.05, 0.1) is 52.7 Å². The molecule has 1 heterocycles. The molecule has 0 amide bonds. The molecule has 2 rings (SSSR count). The van der Waals surface area contributed by atoms with Crippen molar-refractivity contribution in [3.8, 4) is 11.4 Å². The highest BCUT2D eigenvalue weighted by Gasteiger charge is 2.13. The van der Waals surface area contributed by atoms with E-state index in [-0.39, 0.29) is 24.6 Å². The standard InChI is InChI=1S/C19H28N4O6/c1-3-15-4-5-17(24)16(14-15)23-19(26)22(18(25)21-23)7-9-28-11-13-29-12-10-27-8-6-20-2/h4-5,14,24H,2-3,6-13H2,1H3,(H,21,25). The van der Waals surface area contributed by atoms with Crippen LogP contribution in [0.2, 0.25) is 0 Å². The number of benzene rings is 1. The lowest BCUT2D eigenvalue weighted by Crippen LogP contribution is -2.30. The molecule has 0 atom stereocenters. The number of phenolic OH excluding ortho intramolecular Hbond substituents is 1. The van der Waals surface area contributed by atoms with E-state index in [1.54, 1.807) is 12.1 Å². The number of aromatic nitrogens is 3. The lowest BCUT2D eigenvalue weighted by atomic mass is 10.1. The van der Waals surface area contributed by atoms with Gasteiger partial charge in [0.15, 0.2) is 0 Å². The summed E-state index contributed by atoms with van der Waals surface area (Å²) in [6.45, 7) is 8.31. The van der Waals surface area contributed by atoms with E-state index < -0.39 is 11.4 Å². The van der Waals surface area contributed by atoms with Gasteiger partial charge in [-0.05, 0) is 30.8 Å². The molecule has 10 nitrogen and oxygen atoms in total. The van der Waals surface area contributed by atoms with Crippen molar-refractivity contribution in [1.82, 2.24) is 14.3 Å². The van der Waals surface area contributed by atoms with Crippen LogP contribution >= 0.6 is 0 Å². The monoisotopic (exact) mass is 408 g/mol. The number of phenols is 1. The molecule has 0 aliphatic heterocycles. The first-order chi connectivity index (χ1) is 14.1. The molecule has 0 radical (unpaired) electrons. The van der Waals surface area contributed by atoms with Crippen LogP contribution in [-0.4, -0.2) is 72.4 Å². The van der Waals surface area contributed by atoms with Crippen molar-refractivity contribution in [2.45, 2.75) is 19.9 Å². The molecule has 1 aromatic heterocycles. The lowest BCUT2D eigenvalue weighted by molar-refractivity contribution is 0.0144. The summed E-state index contributed by atoms with van der Waals surface area (Å²) in [6.07, 6.45) is 0.737. The fourth-order valence-corrected chi connectivity index (χ4v) is 2.57. The molecule has 1 aromatic carbocycles. The molecular formula is C19H28N4O6. The predicted octanol–water partition coefficient (Wildman–Crippen LogP) is 0.346. The second kappa shape index (κ2) is 12.0. The van der Waals surface area contributed by atoms with Gasteiger partial charge in [0, 0.05) is 0 Å². The Kier molecular flexibility index (Phi) is 9.35. The first-order valence-electron chi connectivity index (χ1n) is 9.48. The maximum Gasteiger partial charge on any atom is 0.351 e. The third kappa shape index (κ3) is 6.70. The van der Waals surface area contributed by atoms with E-state index in [4.69, 9.17) is 14.2 Å². The number of aryl methyl sites for hydroxylation is 1. The summed E-state index contributed by atoms with van der Waals surface area (Å²) in [5, 5.41) is 12.5. The summed E-state index contributed by atoms with van der Waals surface area (Å²) in [5.41, 5.74) is 0.0434. The van der Waals surface area contributed by atoms with Gasteiger partial charge in [-0.15, -0.1) is 0 Å². The Morgan fingerprint density at radius 3 is 2.38 bits per heavy atom. The van der Waals surface area contributed by atoms with Crippen LogP contribution in [0, 0.1) is 0 Å². The topological polar surface area (TPSA) is 120 Å². The number of hydrogen-bond donors (Lipinski definition) is 2. The van der Waals surface area contributed by atoms with Crippen LogP contribution in [0.5, 0.6) is 5.75 Å². The number of rotatable bonds is 14. The normalized spacial score (nSPS) is 11.1. The molecule has 0 bridgehead atoms. The van der Waals surface area contributed by atoms with Crippen molar-refractivity contribution in [3.63, 3.8) is 0 Å². The van der Waals surface area contributed by atoms with Gasteiger partial charge in [-0.1, -0.05) is 13.0 Å². The zero-order valence-electron chi connectivity index (χ0n) is 16.6. The Morgan fingerprint density at radius 1 is 1.07 bits per heavy atom. The summed E-state index contributed by atoms with van der Waals surface area (Å²) < 4.78 is 18.1. The number of aromatic amines is 1. The summed E-state index contributed by atoms with van der Waals surface area (Å²) in [7, 11) is 0. The van der Waals surface area contributed by atoms with E-state index >= 15 is 0 Å². The Morgan fingerprint density at radius 2 is 1.72 bits per heavy atom. The molecule has 0 aliphatic carbocycles. The third-order valence-corrected chi connectivity index (χ3v) is 4.16. The Labute approximate surface area is 168 Å². The van der Waals surface area contributed by atoms with E-state index in [0.717, 1.165) is 21.2 Å². The average molecular weight is 408 g/mol. The molecule has 0 unspecified atom stereocenters. The first kappa shape index (κ1) is 22.6. The zero-order chi connectivity index (χ0) is 21.1. The van der Waals surface area contributed by atoms with E-state index in [1.165, 1.54) is 6.07 Å². The van der Waals surface area contributed by atoms with Crippen molar-refractivity contribution in [1.29, 1.82) is 0 Å². The van der Waals surface area contributed by atoms with Gasteiger partial charge in [-0.2, -0.15) is 4.68 Å². The van der Waals surface area contributed by atoms with E-state index in [2.05, 4.69) is 16.8 Å². The molecular weight excluding hydrogens is 380 g/mol. The number of hydrogen-bond acceptors (Lipinski definition) is 7. The van der Waals surface area contributed by atoms with Gasteiger partial charge in [0.1, 0.15) is 11.4 Å². The minimum atomic E-state index is -0.567. The van der Waals surface area contributed by atoms with Crippen LogP contribution in [0.3, 0.4) is 0 Å². The molecule has 0 fully saturated rings. The van der Waals surface area contributed by atoms with E-state index in [0.29, 0.717) is 39.6 Å². The molecule has 0 aliphatic rings. The van der Waals surface area contributed by atoms with E-state index in [9.17, 15) is 14.7 Å². The Balaban J connectivity index is 1.79. The van der Waals surface area contributed by atoms with Crippen LogP contribution < -0.4 is 11.4 Å². The van der Waals surface area contributed by atoms with Gasteiger partial charge < -0.3 is 19.3 Å². The van der Waals surface area contributed by atoms with Gasteiger partial charge in [-0.25, -0.2) is 19.3 Å². The second-order valence-electron chi connectivity index (χ2n) is 6.15. The van der Waals surface area contributed by atoms with Gasteiger partial charge >= 0.3 is 11.4 Å². The maximum absolute atomic E-state index is 12.5. The molecule has 160 valence electrons. The minimum Gasteiger partial charge on any atom is -0.506 e. The predicted molar refractivity (Wildman–Crippen MR) is 109 cm³/mol. The molecule has 2 aromatic rings. The number of ether oxygens (including phenoxy) is 3. The van der Waals surface area contributed by atoms with Crippen LogP contribution in [0.25, 0.3) is 5.69 Å². The van der Waals surface area contributed by atoms with Crippen LogP contribution in [0.1, 0.15) is 12.5 Å². The fourth-order valence-electron chi connectivity index (χ4n) is 2.57. The number of H-pyrrole nitrogens is 1. The molecule has 0 spiro atoms. The number of aliphatic imine (C=N–C) groups is 1. The highest BCUT2D eigenvalue weighted by molar-refractivity contribution is 5.47. The molecule has 0 saturated heterocycles. The maximum atomic E-state index is 12.5. The fraction of sp³-hybridized carbons (Fsp3) is 0.526. The van der Waals surface area contributed by atoms with Crippen LogP contribution in [0.4, 0.5) is 0 Å². The number of nitrogens with one attached hydrogen (secondary N) is 1. The zero-order valence-corrected chi connectivity index (χ0v) is 16.6. The summed E-state index contributed by atoms with van der Waals surface area (Å²) in [6, 6.07) is 4.93. The molecule has 10 heteroatoms. The van der Waals surface area contributed by atoms with Crippen molar-refractivity contribution in [2.24, 2.45) is 4.99 Å². The Hall–Kier alpha value is -2.69. The molecule has 2 N–H and O–H groups in total. The summed E-state index contributed by atoms with van der Waals surface area (Å²) in [5.74, 6) is -0.0872. The largest absolute Gasteiger partial charge is 0.506 e. The summed E-state index contributed by atoms with van der Waals surface area (Å²) >= 11 is 0. The SMILES string of the molecule is C=NCCOCCOCCOCCn1c(=O)[nH]n(-c2cc(CC)ccc2O)c1=O. The molecule has 0 saturated carbocycles. The van der Waals surface area contributed by atoms with E-state index in [1.807, 2.05) is 6.92 Å². The van der Waals surface area contributed by atoms with Crippen molar-refractivity contribution >= 4 is 6.72 Å². The quantitative estimate of drug-likeness (QED) is 0.344. The van der Waals surface area contributed by atoms with Crippen molar-refractivity contribution in [2.75, 3.05) is 46.2 Å². The second-order valence-corrected chi connectivity index (χ2v) is 6.15. The number of nitrogens with zero attached hydrogens (tertiary/aromatic N) is 3. The minimum absolute atomic E-state index is 0.0872. The number of aromatic hydroxyl groups is 1. The average Bonchev–Trinajstić information content (AvgIpc) is 3.00. The highest BCUT2D eigenvalue weighted by Crippen LogP contribution is 2.20. The smallest absolute Gasteiger partial charge is 0.351 e. The summed E-state index contributed by atoms with van der Waals surface area (Å²) in [4.78, 5) is 28.3. The first-order valence-corrected chi connectivity index (χ1v) is 9.48. The Bertz CT molecular complexity index is 886. The highest BCUT2D eigenvalue weighted by atomic mass is 16.5. The van der Waals surface area contributed by atoms with Gasteiger partial charge in [0.2, 0.25) is 0 Å². The van der Waals surface area contributed by atoms with Crippen molar-refractivity contribution < 1.29 is 19.3 Å². The van der Waals surface area contributed by atoms with Crippen LogP contribution in [0.15, 0.2) is 32.8 Å². The van der Waals surface area contributed by atoms with Crippen molar-refractivity contribution in [3.05, 3.63) is 44.7 Å². The van der Waals surface area contributed by atoms with Crippen LogP contribution in [-0.2, 0) is 27.2 Å². The lowest BCUT2D eigenvalue weighted by Gasteiger charge is -2.07. The van der Waals surface area contributed by atoms with Gasteiger partial charge in [-0.3, -0.25) is 4.99 Å². The van der Waals surface area contributed by atoms with Gasteiger partial charge in [0.25, 0.3) is 0 Å². The molecule has 29 heavy (non-hydrogen) atoms.